The number of rotatable bonds is 2. The molecule has 0 unspecified atom stereocenters. The lowest BCUT2D eigenvalue weighted by Gasteiger charge is -2.42. The topological polar surface area (TPSA) is 15.3 Å². The standard InChI is InChI=1S/C15H22F2N2.2ClH/c1-15(2,3)14(19-8-6-18-7-9-19)12-5-4-11(16)10-13(12)17;;/h4-5,10,14,18H,6-9H2,1-3H3;2*1H/t14-;;/m0../s1. The Hall–Kier alpha value is -0.420. The van der Waals surface area contributed by atoms with Crippen LogP contribution in [0.5, 0.6) is 0 Å². The van der Waals surface area contributed by atoms with Gasteiger partial charge in [-0.25, -0.2) is 8.78 Å². The number of benzene rings is 1. The van der Waals surface area contributed by atoms with Gasteiger partial charge in [-0.2, -0.15) is 0 Å². The van der Waals surface area contributed by atoms with E-state index < -0.39 is 11.6 Å². The molecule has 2 nitrogen and oxygen atoms in total. The number of piperazine rings is 1. The molecule has 0 saturated carbocycles. The Balaban J connectivity index is 0.00000200. The lowest BCUT2D eigenvalue weighted by atomic mass is 9.80. The van der Waals surface area contributed by atoms with E-state index in [9.17, 15) is 8.78 Å². The van der Waals surface area contributed by atoms with Gasteiger partial charge in [0, 0.05) is 43.9 Å². The Kier molecular flexibility index (Phi) is 8.11. The second-order valence-corrected chi connectivity index (χ2v) is 6.22. The van der Waals surface area contributed by atoms with Crippen LogP contribution in [-0.2, 0) is 0 Å². The van der Waals surface area contributed by atoms with Crippen molar-refractivity contribution in [3.63, 3.8) is 0 Å². The maximum Gasteiger partial charge on any atom is 0.130 e. The van der Waals surface area contributed by atoms with Gasteiger partial charge in [-0.1, -0.05) is 26.8 Å². The van der Waals surface area contributed by atoms with E-state index in [2.05, 4.69) is 31.0 Å². The van der Waals surface area contributed by atoms with Gasteiger partial charge < -0.3 is 5.32 Å². The fourth-order valence-corrected chi connectivity index (χ4v) is 2.87. The molecular formula is C15H24Cl2F2N2. The molecule has 1 saturated heterocycles. The van der Waals surface area contributed by atoms with Crippen molar-refractivity contribution < 1.29 is 8.78 Å². The molecule has 0 bridgehead atoms. The largest absolute Gasteiger partial charge is 0.314 e. The first kappa shape index (κ1) is 20.6. The number of nitrogens with one attached hydrogen (secondary N) is 1. The molecule has 21 heavy (non-hydrogen) atoms. The van der Waals surface area contributed by atoms with Crippen LogP contribution in [0, 0.1) is 17.0 Å². The predicted octanol–water partition coefficient (Wildman–Crippen LogP) is 3.80. The maximum absolute atomic E-state index is 14.1. The molecule has 0 aliphatic carbocycles. The first-order chi connectivity index (χ1) is 8.89. The molecule has 0 radical (unpaired) electrons. The van der Waals surface area contributed by atoms with Crippen molar-refractivity contribution in [2.75, 3.05) is 26.2 Å². The van der Waals surface area contributed by atoms with E-state index >= 15 is 0 Å². The Morgan fingerprint density at radius 1 is 1.10 bits per heavy atom. The maximum atomic E-state index is 14.1. The molecule has 1 fully saturated rings. The van der Waals surface area contributed by atoms with Gasteiger partial charge in [0.05, 0.1) is 0 Å². The van der Waals surface area contributed by atoms with Crippen molar-refractivity contribution in [2.45, 2.75) is 26.8 Å². The van der Waals surface area contributed by atoms with Crippen LogP contribution in [0.2, 0.25) is 0 Å². The molecule has 1 N–H and O–H groups in total. The third kappa shape index (κ3) is 5.06. The number of halogens is 4. The summed E-state index contributed by atoms with van der Waals surface area (Å²) < 4.78 is 27.2. The summed E-state index contributed by atoms with van der Waals surface area (Å²) in [6.45, 7) is 9.90. The second-order valence-electron chi connectivity index (χ2n) is 6.22. The third-order valence-corrected chi connectivity index (χ3v) is 3.59. The lowest BCUT2D eigenvalue weighted by Crippen LogP contribution is -2.48. The minimum atomic E-state index is -0.519. The van der Waals surface area contributed by atoms with Gasteiger partial charge in [0.25, 0.3) is 0 Å². The summed E-state index contributed by atoms with van der Waals surface area (Å²) in [6.07, 6.45) is 0. The lowest BCUT2D eigenvalue weighted by molar-refractivity contribution is 0.0833. The zero-order valence-electron chi connectivity index (χ0n) is 12.7. The van der Waals surface area contributed by atoms with Crippen LogP contribution in [0.15, 0.2) is 18.2 Å². The average Bonchev–Trinajstić information content (AvgIpc) is 2.32. The smallest absolute Gasteiger partial charge is 0.130 e. The van der Waals surface area contributed by atoms with Crippen LogP contribution >= 0.6 is 24.8 Å². The van der Waals surface area contributed by atoms with Crippen molar-refractivity contribution in [3.05, 3.63) is 35.4 Å². The summed E-state index contributed by atoms with van der Waals surface area (Å²) in [5.41, 5.74) is 0.492. The van der Waals surface area contributed by atoms with Gasteiger partial charge in [0.15, 0.2) is 0 Å². The summed E-state index contributed by atoms with van der Waals surface area (Å²) in [5, 5.41) is 3.30. The van der Waals surface area contributed by atoms with Gasteiger partial charge in [-0.15, -0.1) is 24.8 Å². The fourth-order valence-electron chi connectivity index (χ4n) is 2.87. The predicted molar refractivity (Wildman–Crippen MR) is 87.5 cm³/mol. The van der Waals surface area contributed by atoms with Crippen LogP contribution in [0.1, 0.15) is 32.4 Å². The van der Waals surface area contributed by atoms with Crippen molar-refractivity contribution in [2.24, 2.45) is 5.41 Å². The molecular weight excluding hydrogens is 317 g/mol. The highest BCUT2D eigenvalue weighted by Crippen LogP contribution is 2.39. The fraction of sp³-hybridized carbons (Fsp3) is 0.600. The Morgan fingerprint density at radius 3 is 2.14 bits per heavy atom. The molecule has 1 heterocycles. The molecule has 2 rings (SSSR count). The molecule has 0 aromatic heterocycles. The minimum Gasteiger partial charge on any atom is -0.314 e. The Labute approximate surface area is 138 Å². The van der Waals surface area contributed by atoms with Crippen LogP contribution < -0.4 is 5.32 Å². The zero-order valence-corrected chi connectivity index (χ0v) is 14.3. The van der Waals surface area contributed by atoms with Crippen molar-refractivity contribution in [3.8, 4) is 0 Å². The minimum absolute atomic E-state index is 0. The van der Waals surface area contributed by atoms with E-state index in [0.717, 1.165) is 32.2 Å². The van der Waals surface area contributed by atoms with Crippen molar-refractivity contribution in [1.29, 1.82) is 0 Å². The van der Waals surface area contributed by atoms with E-state index in [1.807, 2.05) is 0 Å². The van der Waals surface area contributed by atoms with E-state index in [1.165, 1.54) is 6.07 Å². The molecule has 0 amide bonds. The third-order valence-electron chi connectivity index (χ3n) is 3.59. The van der Waals surface area contributed by atoms with Crippen LogP contribution in [0.25, 0.3) is 0 Å². The average molecular weight is 341 g/mol. The first-order valence-corrected chi connectivity index (χ1v) is 6.79. The monoisotopic (exact) mass is 340 g/mol. The van der Waals surface area contributed by atoms with Crippen molar-refractivity contribution in [1.82, 2.24) is 10.2 Å². The van der Waals surface area contributed by atoms with Gasteiger partial charge in [-0.3, -0.25) is 4.90 Å². The van der Waals surface area contributed by atoms with E-state index in [0.29, 0.717) is 5.56 Å². The summed E-state index contributed by atoms with van der Waals surface area (Å²) in [6, 6.07) is 3.88. The van der Waals surface area contributed by atoms with Gasteiger partial charge in [0.2, 0.25) is 0 Å². The summed E-state index contributed by atoms with van der Waals surface area (Å²) in [5.74, 6) is -0.965. The highest BCUT2D eigenvalue weighted by atomic mass is 35.5. The summed E-state index contributed by atoms with van der Waals surface area (Å²) >= 11 is 0. The highest BCUT2D eigenvalue weighted by Gasteiger charge is 2.34. The number of hydrogen-bond acceptors (Lipinski definition) is 2. The SMILES string of the molecule is CC(C)(C)[C@H](c1ccc(F)cc1F)N1CCNCC1.Cl.Cl. The molecule has 1 atom stereocenters. The quantitative estimate of drug-likeness (QED) is 0.880. The molecule has 0 spiro atoms. The van der Waals surface area contributed by atoms with Gasteiger partial charge >= 0.3 is 0 Å². The summed E-state index contributed by atoms with van der Waals surface area (Å²) in [7, 11) is 0. The van der Waals surface area contributed by atoms with E-state index in [-0.39, 0.29) is 36.3 Å². The van der Waals surface area contributed by atoms with E-state index in [4.69, 9.17) is 0 Å². The van der Waals surface area contributed by atoms with Gasteiger partial charge in [-0.05, 0) is 11.5 Å². The van der Waals surface area contributed by atoms with Gasteiger partial charge in [0.1, 0.15) is 11.6 Å². The highest BCUT2D eigenvalue weighted by molar-refractivity contribution is 5.85. The molecule has 6 heteroatoms. The van der Waals surface area contributed by atoms with Crippen LogP contribution in [-0.4, -0.2) is 31.1 Å². The normalized spacial score (nSPS) is 17.6. The Bertz CT molecular complexity index is 444. The molecule has 1 aromatic carbocycles. The molecule has 122 valence electrons. The number of hydrogen-bond donors (Lipinski definition) is 1. The first-order valence-electron chi connectivity index (χ1n) is 6.79. The van der Waals surface area contributed by atoms with Crippen LogP contribution in [0.3, 0.4) is 0 Å². The Morgan fingerprint density at radius 2 is 1.67 bits per heavy atom. The molecule has 1 aliphatic rings. The summed E-state index contributed by atoms with van der Waals surface area (Å²) in [4.78, 5) is 2.28. The zero-order chi connectivity index (χ0) is 14.0. The molecule has 1 aromatic rings. The van der Waals surface area contributed by atoms with E-state index in [1.54, 1.807) is 6.07 Å². The van der Waals surface area contributed by atoms with Crippen molar-refractivity contribution >= 4 is 24.8 Å². The number of nitrogens with zero attached hydrogens (tertiary/aromatic N) is 1. The second kappa shape index (κ2) is 8.28. The molecule has 1 aliphatic heterocycles. The van der Waals surface area contributed by atoms with Crippen LogP contribution in [0.4, 0.5) is 8.78 Å².